The Balaban J connectivity index is 1.40. The summed E-state index contributed by atoms with van der Waals surface area (Å²) in [4.78, 5) is 11.4. The van der Waals surface area contributed by atoms with Crippen molar-refractivity contribution in [3.05, 3.63) is 47.8 Å². The normalized spacial score (nSPS) is 15.3. The molecule has 0 atom stereocenters. The highest BCUT2D eigenvalue weighted by molar-refractivity contribution is 5.75. The van der Waals surface area contributed by atoms with Crippen LogP contribution in [-0.4, -0.2) is 61.4 Å². The predicted octanol–water partition coefficient (Wildman–Crippen LogP) is 6.07. The van der Waals surface area contributed by atoms with Crippen LogP contribution in [0.5, 0.6) is 5.75 Å². The summed E-state index contributed by atoms with van der Waals surface area (Å²) >= 11 is 0. The van der Waals surface area contributed by atoms with Gasteiger partial charge in [0.15, 0.2) is 17.2 Å². The highest BCUT2D eigenvalue weighted by Gasteiger charge is 2.26. The van der Waals surface area contributed by atoms with Gasteiger partial charge in [-0.2, -0.15) is 10.2 Å². The number of likely N-dealkylation sites (tertiary alicyclic amines) is 1. The lowest BCUT2D eigenvalue weighted by atomic mass is 9.89. The molecule has 0 bridgehead atoms. The number of pyridine rings is 2. The van der Waals surface area contributed by atoms with Crippen molar-refractivity contribution in [3.8, 4) is 28.4 Å². The lowest BCUT2D eigenvalue weighted by molar-refractivity contribution is 0.178. The van der Waals surface area contributed by atoms with Gasteiger partial charge >= 0.3 is 0 Å². The fourth-order valence-corrected chi connectivity index (χ4v) is 5.71. The molecule has 0 saturated carbocycles. The van der Waals surface area contributed by atoms with Gasteiger partial charge in [-0.15, -0.1) is 0 Å². The number of methoxy groups -OCH3 is 1. The molecule has 0 amide bonds. The Hall–Kier alpha value is -3.33. The third kappa shape index (κ3) is 5.04. The maximum atomic E-state index is 15.6. The van der Waals surface area contributed by atoms with Crippen LogP contribution in [0.1, 0.15) is 76.3 Å². The summed E-state index contributed by atoms with van der Waals surface area (Å²) < 4.78 is 22.8. The van der Waals surface area contributed by atoms with E-state index in [-0.39, 0.29) is 17.4 Å². The minimum absolute atomic E-state index is 0.0801. The largest absolute Gasteiger partial charge is 0.493 e. The van der Waals surface area contributed by atoms with Crippen molar-refractivity contribution >= 4 is 5.65 Å². The van der Waals surface area contributed by atoms with Crippen LogP contribution in [0.25, 0.3) is 28.3 Å². The molecule has 5 heterocycles. The van der Waals surface area contributed by atoms with E-state index in [0.717, 1.165) is 54.2 Å². The van der Waals surface area contributed by atoms with Crippen molar-refractivity contribution in [3.63, 3.8) is 0 Å². The lowest BCUT2D eigenvalue weighted by Gasteiger charge is -2.34. The van der Waals surface area contributed by atoms with Crippen LogP contribution >= 0.6 is 0 Å². The standard InChI is InChI=1S/C29H38FN7O/c1-6-19(7-2)15-36-10-8-20(9-11-36)21-12-23(30)27(31-14-21)28-25(18(3)4)26(34-35-28)22-13-24(38-5)29-32-17-33-37(29)16-22/h12-14,16-20H,6-11,15H2,1-5H3,(H,34,35). The second-order valence-corrected chi connectivity index (χ2v) is 10.7. The van der Waals surface area contributed by atoms with Crippen LogP contribution in [0.3, 0.4) is 0 Å². The SMILES string of the molecule is CCC(CC)CN1CCC(c2cnc(-c3n[nH]c(-c4cc(OC)c5ncnn5c4)c3C(C)C)c(F)c2)CC1. The fourth-order valence-electron chi connectivity index (χ4n) is 5.71. The van der Waals surface area contributed by atoms with Crippen molar-refractivity contribution in [2.45, 2.75) is 65.2 Å². The molecular weight excluding hydrogens is 481 g/mol. The number of H-pyrrole nitrogens is 1. The minimum Gasteiger partial charge on any atom is -0.493 e. The Morgan fingerprint density at radius 3 is 2.53 bits per heavy atom. The molecule has 8 nitrogen and oxygen atoms in total. The van der Waals surface area contributed by atoms with Crippen molar-refractivity contribution < 1.29 is 9.13 Å². The zero-order valence-corrected chi connectivity index (χ0v) is 23.0. The average Bonchev–Trinajstić information content (AvgIpc) is 3.59. The third-order valence-electron chi connectivity index (χ3n) is 8.05. The topological polar surface area (TPSA) is 84.2 Å². The van der Waals surface area contributed by atoms with Crippen LogP contribution in [0.2, 0.25) is 0 Å². The first-order chi connectivity index (χ1) is 18.4. The minimum atomic E-state index is -0.328. The summed E-state index contributed by atoms with van der Waals surface area (Å²) in [6, 6.07) is 3.57. The fraction of sp³-hybridized carbons (Fsp3) is 0.517. The average molecular weight is 520 g/mol. The monoisotopic (exact) mass is 519 g/mol. The smallest absolute Gasteiger partial charge is 0.197 e. The summed E-state index contributed by atoms with van der Waals surface area (Å²) in [6.45, 7) is 12.0. The molecule has 0 aliphatic carbocycles. The molecule has 4 aromatic rings. The van der Waals surface area contributed by atoms with Gasteiger partial charge in [-0.25, -0.2) is 13.9 Å². The highest BCUT2D eigenvalue weighted by atomic mass is 19.1. The number of hydrogen-bond acceptors (Lipinski definition) is 6. The Morgan fingerprint density at radius 1 is 1.11 bits per heavy atom. The molecule has 1 saturated heterocycles. The number of aromatic nitrogens is 6. The van der Waals surface area contributed by atoms with Gasteiger partial charge in [-0.3, -0.25) is 10.1 Å². The number of nitrogens with one attached hydrogen (secondary N) is 1. The summed E-state index contributed by atoms with van der Waals surface area (Å²) in [6.07, 6.45) is 9.74. The van der Waals surface area contributed by atoms with E-state index in [1.54, 1.807) is 17.7 Å². The molecule has 0 unspecified atom stereocenters. The first-order valence-corrected chi connectivity index (χ1v) is 13.8. The van der Waals surface area contributed by atoms with Crippen LogP contribution in [-0.2, 0) is 0 Å². The highest BCUT2D eigenvalue weighted by Crippen LogP contribution is 2.38. The van der Waals surface area contributed by atoms with Gasteiger partial charge in [-0.05, 0) is 61.4 Å². The Morgan fingerprint density at radius 2 is 1.87 bits per heavy atom. The van der Waals surface area contributed by atoms with Crippen molar-refractivity contribution in [1.82, 2.24) is 34.7 Å². The molecule has 1 aliphatic rings. The maximum Gasteiger partial charge on any atom is 0.197 e. The van der Waals surface area contributed by atoms with Gasteiger partial charge in [0.25, 0.3) is 0 Å². The number of rotatable bonds is 9. The second kappa shape index (κ2) is 11.2. The molecule has 5 rings (SSSR count). The summed E-state index contributed by atoms with van der Waals surface area (Å²) in [7, 11) is 1.60. The molecule has 1 N–H and O–H groups in total. The van der Waals surface area contributed by atoms with Crippen molar-refractivity contribution in [2.75, 3.05) is 26.7 Å². The lowest BCUT2D eigenvalue weighted by Crippen LogP contribution is -2.36. The van der Waals surface area contributed by atoms with E-state index in [0.29, 0.717) is 23.0 Å². The number of ether oxygens (including phenoxy) is 1. The predicted molar refractivity (Wildman–Crippen MR) is 147 cm³/mol. The van der Waals surface area contributed by atoms with Gasteiger partial charge in [0.2, 0.25) is 0 Å². The van der Waals surface area contributed by atoms with Gasteiger partial charge in [0.05, 0.1) is 12.8 Å². The zero-order valence-electron chi connectivity index (χ0n) is 23.0. The van der Waals surface area contributed by atoms with E-state index in [1.165, 1.54) is 25.7 Å². The Kier molecular flexibility index (Phi) is 7.74. The quantitative estimate of drug-likeness (QED) is 0.289. The van der Waals surface area contributed by atoms with Gasteiger partial charge in [-0.1, -0.05) is 40.5 Å². The van der Waals surface area contributed by atoms with E-state index in [2.05, 4.69) is 57.9 Å². The maximum absolute atomic E-state index is 15.6. The molecule has 0 radical (unpaired) electrons. The Labute approximate surface area is 223 Å². The van der Waals surface area contributed by atoms with Gasteiger partial charge < -0.3 is 9.64 Å². The zero-order chi connectivity index (χ0) is 26.8. The number of piperidine rings is 1. The number of hydrogen-bond donors (Lipinski definition) is 1. The molecule has 0 aromatic carbocycles. The van der Waals surface area contributed by atoms with E-state index in [4.69, 9.17) is 4.74 Å². The molecule has 1 aliphatic heterocycles. The first-order valence-electron chi connectivity index (χ1n) is 13.8. The third-order valence-corrected chi connectivity index (χ3v) is 8.05. The number of aromatic amines is 1. The summed E-state index contributed by atoms with van der Waals surface area (Å²) in [5.74, 6) is 1.45. The van der Waals surface area contributed by atoms with E-state index in [9.17, 15) is 0 Å². The van der Waals surface area contributed by atoms with Crippen LogP contribution < -0.4 is 4.74 Å². The second-order valence-electron chi connectivity index (χ2n) is 10.7. The van der Waals surface area contributed by atoms with Crippen LogP contribution in [0.4, 0.5) is 4.39 Å². The van der Waals surface area contributed by atoms with E-state index in [1.807, 2.05) is 18.5 Å². The van der Waals surface area contributed by atoms with E-state index < -0.39 is 0 Å². The first kappa shape index (κ1) is 26.3. The molecular formula is C29H38FN7O. The van der Waals surface area contributed by atoms with Crippen LogP contribution in [0, 0.1) is 11.7 Å². The van der Waals surface area contributed by atoms with E-state index >= 15 is 4.39 Å². The Bertz CT molecular complexity index is 1380. The molecule has 9 heteroatoms. The number of nitrogens with zero attached hydrogens (tertiary/aromatic N) is 6. The molecule has 0 spiro atoms. The van der Waals surface area contributed by atoms with Gasteiger partial charge in [0, 0.05) is 30.1 Å². The molecule has 38 heavy (non-hydrogen) atoms. The summed E-state index contributed by atoms with van der Waals surface area (Å²) in [5, 5.41) is 11.9. The van der Waals surface area contributed by atoms with Crippen molar-refractivity contribution in [2.24, 2.45) is 5.92 Å². The number of halogens is 1. The van der Waals surface area contributed by atoms with Gasteiger partial charge in [0.1, 0.15) is 17.7 Å². The molecule has 4 aromatic heterocycles. The van der Waals surface area contributed by atoms with Crippen molar-refractivity contribution in [1.29, 1.82) is 0 Å². The summed E-state index contributed by atoms with van der Waals surface area (Å²) in [5.41, 5.74) is 4.96. The molecule has 202 valence electrons. The number of fused-ring (bicyclic) bond motifs is 1. The van der Waals surface area contributed by atoms with Crippen LogP contribution in [0.15, 0.2) is 30.9 Å². The molecule has 1 fully saturated rings.